The van der Waals surface area contributed by atoms with Crippen LogP contribution in [0.1, 0.15) is 31.2 Å². The van der Waals surface area contributed by atoms with Gasteiger partial charge in [0.15, 0.2) is 0 Å². The normalized spacial score (nSPS) is 23.2. The number of hydrogen-bond acceptors (Lipinski definition) is 3. The summed E-state index contributed by atoms with van der Waals surface area (Å²) >= 11 is 0. The van der Waals surface area contributed by atoms with Crippen LogP contribution in [0.5, 0.6) is 0 Å². The molecule has 0 unspecified atom stereocenters. The third kappa shape index (κ3) is 3.72. The second-order valence-electron chi connectivity index (χ2n) is 6.57. The van der Waals surface area contributed by atoms with E-state index in [9.17, 15) is 9.59 Å². The van der Waals surface area contributed by atoms with Gasteiger partial charge < -0.3 is 15.5 Å². The number of likely N-dealkylation sites (tertiary alicyclic amines) is 2. The third-order valence-corrected chi connectivity index (χ3v) is 4.87. The first-order chi connectivity index (χ1) is 11.1. The van der Waals surface area contributed by atoms with Crippen LogP contribution in [0.25, 0.3) is 0 Å². The highest BCUT2D eigenvalue weighted by atomic mass is 16.2. The SMILES string of the molecule is N[C@@H](Cc1ccccc1)C(=O)N1CCC[C@@H](N2CCCC2=O)C1. The Morgan fingerprint density at radius 3 is 2.70 bits per heavy atom. The smallest absolute Gasteiger partial charge is 0.239 e. The summed E-state index contributed by atoms with van der Waals surface area (Å²) < 4.78 is 0. The lowest BCUT2D eigenvalue weighted by atomic mass is 10.0. The minimum absolute atomic E-state index is 0.00481. The van der Waals surface area contributed by atoms with Gasteiger partial charge in [-0.1, -0.05) is 30.3 Å². The van der Waals surface area contributed by atoms with E-state index in [0.717, 1.165) is 37.9 Å². The van der Waals surface area contributed by atoms with Gasteiger partial charge in [0.1, 0.15) is 0 Å². The van der Waals surface area contributed by atoms with Crippen molar-refractivity contribution in [2.75, 3.05) is 19.6 Å². The average Bonchev–Trinajstić information content (AvgIpc) is 3.01. The van der Waals surface area contributed by atoms with Crippen LogP contribution in [0.2, 0.25) is 0 Å². The number of piperidine rings is 1. The molecule has 1 aromatic rings. The van der Waals surface area contributed by atoms with Crippen molar-refractivity contribution < 1.29 is 9.59 Å². The molecule has 2 aliphatic rings. The molecule has 0 bridgehead atoms. The molecule has 0 aliphatic carbocycles. The summed E-state index contributed by atoms with van der Waals surface area (Å²) in [6.45, 7) is 2.22. The summed E-state index contributed by atoms with van der Waals surface area (Å²) in [6, 6.07) is 9.53. The summed E-state index contributed by atoms with van der Waals surface area (Å²) in [5, 5.41) is 0. The van der Waals surface area contributed by atoms with E-state index in [-0.39, 0.29) is 17.9 Å². The highest BCUT2D eigenvalue weighted by Gasteiger charge is 2.33. The van der Waals surface area contributed by atoms with Gasteiger partial charge in [-0.25, -0.2) is 0 Å². The average molecular weight is 315 g/mol. The first-order valence-electron chi connectivity index (χ1n) is 8.53. The fraction of sp³-hybridized carbons (Fsp3) is 0.556. The summed E-state index contributed by atoms with van der Waals surface area (Å²) in [7, 11) is 0. The molecule has 0 aromatic heterocycles. The Morgan fingerprint density at radius 1 is 1.22 bits per heavy atom. The third-order valence-electron chi connectivity index (χ3n) is 4.87. The van der Waals surface area contributed by atoms with Crippen molar-refractivity contribution in [3.05, 3.63) is 35.9 Å². The zero-order chi connectivity index (χ0) is 16.2. The van der Waals surface area contributed by atoms with E-state index >= 15 is 0 Å². The number of amides is 2. The van der Waals surface area contributed by atoms with E-state index in [1.54, 1.807) is 0 Å². The molecule has 2 N–H and O–H groups in total. The Kier molecular flexibility index (Phi) is 4.96. The highest BCUT2D eigenvalue weighted by Crippen LogP contribution is 2.22. The zero-order valence-corrected chi connectivity index (χ0v) is 13.5. The van der Waals surface area contributed by atoms with E-state index in [4.69, 9.17) is 5.73 Å². The molecular weight excluding hydrogens is 290 g/mol. The Balaban J connectivity index is 1.59. The molecule has 2 atom stereocenters. The van der Waals surface area contributed by atoms with Crippen molar-refractivity contribution in [1.82, 2.24) is 9.80 Å². The summed E-state index contributed by atoms with van der Waals surface area (Å²) in [4.78, 5) is 28.4. The van der Waals surface area contributed by atoms with Crippen molar-refractivity contribution in [3.8, 4) is 0 Å². The van der Waals surface area contributed by atoms with Crippen molar-refractivity contribution in [2.24, 2.45) is 5.73 Å². The first kappa shape index (κ1) is 16.0. The number of rotatable bonds is 4. The van der Waals surface area contributed by atoms with Crippen LogP contribution in [-0.4, -0.2) is 53.3 Å². The molecule has 0 spiro atoms. The van der Waals surface area contributed by atoms with Crippen LogP contribution >= 0.6 is 0 Å². The fourth-order valence-corrected chi connectivity index (χ4v) is 3.65. The van der Waals surface area contributed by atoms with Crippen LogP contribution in [0, 0.1) is 0 Å². The summed E-state index contributed by atoms with van der Waals surface area (Å²) in [5.74, 6) is 0.239. The minimum Gasteiger partial charge on any atom is -0.339 e. The van der Waals surface area contributed by atoms with Crippen molar-refractivity contribution in [1.29, 1.82) is 0 Å². The van der Waals surface area contributed by atoms with Crippen LogP contribution in [0.15, 0.2) is 30.3 Å². The highest BCUT2D eigenvalue weighted by molar-refractivity contribution is 5.82. The Morgan fingerprint density at radius 2 is 2.00 bits per heavy atom. The molecule has 2 amide bonds. The van der Waals surface area contributed by atoms with Gasteiger partial charge in [-0.3, -0.25) is 9.59 Å². The number of nitrogens with two attached hydrogens (primary N) is 1. The van der Waals surface area contributed by atoms with Crippen LogP contribution in [-0.2, 0) is 16.0 Å². The van der Waals surface area contributed by atoms with Gasteiger partial charge in [0, 0.05) is 32.1 Å². The predicted molar refractivity (Wildman–Crippen MR) is 88.7 cm³/mol. The number of carbonyl (C=O) groups excluding carboxylic acids is 2. The molecule has 0 saturated carbocycles. The lowest BCUT2D eigenvalue weighted by Gasteiger charge is -2.38. The largest absolute Gasteiger partial charge is 0.339 e. The molecular formula is C18H25N3O2. The van der Waals surface area contributed by atoms with Gasteiger partial charge in [0.2, 0.25) is 11.8 Å². The molecule has 23 heavy (non-hydrogen) atoms. The van der Waals surface area contributed by atoms with Crippen LogP contribution < -0.4 is 5.73 Å². The van der Waals surface area contributed by atoms with Gasteiger partial charge in [-0.15, -0.1) is 0 Å². The monoisotopic (exact) mass is 315 g/mol. The van der Waals surface area contributed by atoms with Gasteiger partial charge in [-0.2, -0.15) is 0 Å². The molecule has 2 heterocycles. The quantitative estimate of drug-likeness (QED) is 0.907. The maximum atomic E-state index is 12.6. The summed E-state index contributed by atoms with van der Waals surface area (Å²) in [6.07, 6.45) is 4.08. The standard InChI is InChI=1S/C18H25N3O2/c19-16(12-14-6-2-1-3-7-14)18(23)20-10-4-8-15(13-20)21-11-5-9-17(21)22/h1-3,6-7,15-16H,4-5,8-13,19H2/t15-,16+/m1/s1. The first-order valence-corrected chi connectivity index (χ1v) is 8.53. The molecule has 0 radical (unpaired) electrons. The molecule has 5 nitrogen and oxygen atoms in total. The van der Waals surface area contributed by atoms with E-state index in [1.807, 2.05) is 40.1 Å². The Hall–Kier alpha value is -1.88. The van der Waals surface area contributed by atoms with Gasteiger partial charge in [0.25, 0.3) is 0 Å². The molecule has 2 saturated heterocycles. The van der Waals surface area contributed by atoms with E-state index < -0.39 is 6.04 Å². The molecule has 1 aromatic carbocycles. The summed E-state index contributed by atoms with van der Waals surface area (Å²) in [5.41, 5.74) is 7.21. The molecule has 2 aliphatic heterocycles. The van der Waals surface area contributed by atoms with Gasteiger partial charge in [0.05, 0.1) is 6.04 Å². The second-order valence-corrected chi connectivity index (χ2v) is 6.57. The predicted octanol–water partition coefficient (Wildman–Crippen LogP) is 1.17. The van der Waals surface area contributed by atoms with Crippen molar-refractivity contribution in [2.45, 2.75) is 44.2 Å². The topological polar surface area (TPSA) is 66.6 Å². The van der Waals surface area contributed by atoms with Gasteiger partial charge >= 0.3 is 0 Å². The maximum absolute atomic E-state index is 12.6. The Bertz CT molecular complexity index is 561. The molecule has 5 heteroatoms. The van der Waals surface area contributed by atoms with Crippen LogP contribution in [0.3, 0.4) is 0 Å². The second kappa shape index (κ2) is 7.13. The number of hydrogen-bond donors (Lipinski definition) is 1. The number of benzene rings is 1. The van der Waals surface area contributed by atoms with Crippen LogP contribution in [0.4, 0.5) is 0 Å². The lowest BCUT2D eigenvalue weighted by Crippen LogP contribution is -2.54. The molecule has 2 fully saturated rings. The van der Waals surface area contributed by atoms with E-state index in [2.05, 4.69) is 0 Å². The van der Waals surface area contributed by atoms with Crippen molar-refractivity contribution >= 4 is 11.8 Å². The minimum atomic E-state index is -0.509. The Labute approximate surface area is 137 Å². The molecule has 3 rings (SSSR count). The zero-order valence-electron chi connectivity index (χ0n) is 13.5. The fourth-order valence-electron chi connectivity index (χ4n) is 3.65. The maximum Gasteiger partial charge on any atom is 0.239 e. The number of carbonyl (C=O) groups is 2. The molecule has 124 valence electrons. The van der Waals surface area contributed by atoms with E-state index in [1.165, 1.54) is 0 Å². The van der Waals surface area contributed by atoms with E-state index in [0.29, 0.717) is 19.4 Å². The van der Waals surface area contributed by atoms with Gasteiger partial charge in [-0.05, 0) is 31.2 Å². The number of nitrogens with zero attached hydrogens (tertiary/aromatic N) is 2. The lowest BCUT2D eigenvalue weighted by molar-refractivity contribution is -0.138. The van der Waals surface area contributed by atoms with Crippen molar-refractivity contribution in [3.63, 3.8) is 0 Å².